The molecule has 2 heteroatoms. The van der Waals surface area contributed by atoms with E-state index in [1.165, 1.54) is 0 Å². The summed E-state index contributed by atoms with van der Waals surface area (Å²) in [5.41, 5.74) is 5.60. The minimum atomic E-state index is -0.292. The molecule has 80 valence electrons. The molecule has 0 radical (unpaired) electrons. The first kappa shape index (κ1) is 12.9. The normalized spacial score (nSPS) is 17.5. The molecule has 0 rings (SSSR count). The lowest BCUT2D eigenvalue weighted by Crippen LogP contribution is -2.38. The van der Waals surface area contributed by atoms with E-state index >= 15 is 0 Å². The van der Waals surface area contributed by atoms with Crippen LogP contribution in [-0.2, 0) is 0 Å². The smallest absolute Gasteiger partial charge is 0.0628 e. The van der Waals surface area contributed by atoms with E-state index in [-0.39, 0.29) is 17.4 Å². The maximum Gasteiger partial charge on any atom is 0.0628 e. The molecule has 0 aromatic carbocycles. The van der Waals surface area contributed by atoms with Crippen LogP contribution in [0.3, 0.4) is 0 Å². The van der Waals surface area contributed by atoms with Crippen molar-refractivity contribution in [3.63, 3.8) is 0 Å². The van der Waals surface area contributed by atoms with Crippen LogP contribution in [0.1, 0.15) is 41.0 Å². The van der Waals surface area contributed by atoms with E-state index in [0.717, 1.165) is 6.42 Å². The molecule has 0 spiro atoms. The third kappa shape index (κ3) is 4.63. The van der Waals surface area contributed by atoms with E-state index in [0.29, 0.717) is 12.5 Å². The van der Waals surface area contributed by atoms with Crippen molar-refractivity contribution in [1.29, 1.82) is 0 Å². The van der Waals surface area contributed by atoms with Gasteiger partial charge in [-0.15, -0.1) is 0 Å². The van der Waals surface area contributed by atoms with Gasteiger partial charge in [-0.3, -0.25) is 0 Å². The number of rotatable bonds is 4. The summed E-state index contributed by atoms with van der Waals surface area (Å²) in [7, 11) is 0. The quantitative estimate of drug-likeness (QED) is 0.707. The van der Waals surface area contributed by atoms with Crippen molar-refractivity contribution in [3.05, 3.63) is 0 Å². The summed E-state index contributed by atoms with van der Waals surface area (Å²) < 4.78 is 0. The van der Waals surface area contributed by atoms with Crippen molar-refractivity contribution in [2.45, 2.75) is 47.1 Å². The van der Waals surface area contributed by atoms with Gasteiger partial charge in [0.2, 0.25) is 0 Å². The molecule has 0 saturated carbocycles. The van der Waals surface area contributed by atoms with Crippen molar-refractivity contribution in [2.75, 3.05) is 6.54 Å². The molecule has 2 unspecified atom stereocenters. The molecule has 0 fully saturated rings. The summed E-state index contributed by atoms with van der Waals surface area (Å²) >= 11 is 0. The molecule has 2 nitrogen and oxygen atoms in total. The van der Waals surface area contributed by atoms with Crippen LogP contribution in [0.25, 0.3) is 0 Å². The number of hydrogen-bond acceptors (Lipinski definition) is 2. The Morgan fingerprint density at radius 1 is 1.23 bits per heavy atom. The maximum atomic E-state index is 10.0. The zero-order valence-corrected chi connectivity index (χ0v) is 9.67. The van der Waals surface area contributed by atoms with E-state index in [4.69, 9.17) is 5.73 Å². The summed E-state index contributed by atoms with van der Waals surface area (Å²) in [6.45, 7) is 11.1. The monoisotopic (exact) mass is 187 g/mol. The van der Waals surface area contributed by atoms with E-state index in [9.17, 15) is 5.11 Å². The number of aliphatic hydroxyl groups is 1. The minimum absolute atomic E-state index is 0.0566. The van der Waals surface area contributed by atoms with Crippen molar-refractivity contribution in [3.8, 4) is 0 Å². The lowest BCUT2D eigenvalue weighted by molar-refractivity contribution is 0.00744. The Bertz CT molecular complexity index is 138. The van der Waals surface area contributed by atoms with Crippen LogP contribution in [-0.4, -0.2) is 17.8 Å². The fourth-order valence-corrected chi connectivity index (χ4v) is 1.67. The molecular formula is C11H25NO. The highest BCUT2D eigenvalue weighted by atomic mass is 16.3. The Morgan fingerprint density at radius 2 is 1.69 bits per heavy atom. The second-order valence-corrected chi connectivity index (χ2v) is 5.44. The fourth-order valence-electron chi connectivity index (χ4n) is 1.67. The summed E-state index contributed by atoms with van der Waals surface area (Å²) in [5, 5.41) is 10.0. The second-order valence-electron chi connectivity index (χ2n) is 5.44. The van der Waals surface area contributed by atoms with Gasteiger partial charge in [0, 0.05) is 0 Å². The van der Waals surface area contributed by atoms with Gasteiger partial charge < -0.3 is 10.8 Å². The van der Waals surface area contributed by atoms with Crippen LogP contribution in [0.5, 0.6) is 0 Å². The van der Waals surface area contributed by atoms with Crippen LogP contribution in [0.15, 0.2) is 0 Å². The topological polar surface area (TPSA) is 46.2 Å². The van der Waals surface area contributed by atoms with Gasteiger partial charge in [-0.1, -0.05) is 34.6 Å². The summed E-state index contributed by atoms with van der Waals surface area (Å²) in [5.74, 6) is 0.838. The molecule has 13 heavy (non-hydrogen) atoms. The van der Waals surface area contributed by atoms with Gasteiger partial charge in [0.1, 0.15) is 0 Å². The SMILES string of the molecule is CC(C)CC(CN)C(O)C(C)(C)C. The van der Waals surface area contributed by atoms with Gasteiger partial charge in [-0.05, 0) is 30.2 Å². The van der Waals surface area contributed by atoms with Crippen LogP contribution in [0.2, 0.25) is 0 Å². The molecule has 0 amide bonds. The number of aliphatic hydroxyl groups excluding tert-OH is 1. The standard InChI is InChI=1S/C11H25NO/c1-8(2)6-9(7-12)10(13)11(3,4)5/h8-10,13H,6-7,12H2,1-5H3. The highest BCUT2D eigenvalue weighted by Gasteiger charge is 2.29. The highest BCUT2D eigenvalue weighted by molar-refractivity contribution is 4.81. The van der Waals surface area contributed by atoms with Crippen LogP contribution < -0.4 is 5.73 Å². The highest BCUT2D eigenvalue weighted by Crippen LogP contribution is 2.28. The molecule has 0 aromatic heterocycles. The minimum Gasteiger partial charge on any atom is -0.392 e. The van der Waals surface area contributed by atoms with Crippen molar-refractivity contribution >= 4 is 0 Å². The summed E-state index contributed by atoms with van der Waals surface area (Å²) in [6, 6.07) is 0. The Labute approximate surface area is 82.5 Å². The first-order valence-electron chi connectivity index (χ1n) is 5.17. The molecular weight excluding hydrogens is 162 g/mol. The Kier molecular flexibility index (Phi) is 4.93. The Morgan fingerprint density at radius 3 is 1.92 bits per heavy atom. The lowest BCUT2D eigenvalue weighted by Gasteiger charge is -2.33. The summed E-state index contributed by atoms with van der Waals surface area (Å²) in [4.78, 5) is 0. The van der Waals surface area contributed by atoms with Gasteiger partial charge in [0.25, 0.3) is 0 Å². The molecule has 2 atom stereocenters. The third-order valence-electron chi connectivity index (χ3n) is 2.41. The van der Waals surface area contributed by atoms with Crippen LogP contribution >= 0.6 is 0 Å². The average molecular weight is 187 g/mol. The van der Waals surface area contributed by atoms with Gasteiger partial charge in [0.05, 0.1) is 6.10 Å². The first-order valence-corrected chi connectivity index (χ1v) is 5.17. The zero-order chi connectivity index (χ0) is 10.6. The van der Waals surface area contributed by atoms with Gasteiger partial charge in [-0.25, -0.2) is 0 Å². The molecule has 0 bridgehead atoms. The van der Waals surface area contributed by atoms with Gasteiger partial charge in [-0.2, -0.15) is 0 Å². The summed E-state index contributed by atoms with van der Waals surface area (Å²) in [6.07, 6.45) is 0.717. The molecule has 0 aliphatic carbocycles. The van der Waals surface area contributed by atoms with Crippen molar-refractivity contribution in [2.24, 2.45) is 23.0 Å². The van der Waals surface area contributed by atoms with Gasteiger partial charge >= 0.3 is 0 Å². The first-order chi connectivity index (χ1) is 5.79. The number of hydrogen-bond donors (Lipinski definition) is 2. The van der Waals surface area contributed by atoms with Crippen LogP contribution in [0.4, 0.5) is 0 Å². The predicted octanol–water partition coefficient (Wildman–Crippen LogP) is 2.01. The molecule has 0 aromatic rings. The van der Waals surface area contributed by atoms with Crippen LogP contribution in [0, 0.1) is 17.3 Å². The van der Waals surface area contributed by atoms with E-state index in [1.54, 1.807) is 0 Å². The molecule has 0 saturated heterocycles. The molecule has 0 heterocycles. The largest absolute Gasteiger partial charge is 0.392 e. The molecule has 3 N–H and O–H groups in total. The zero-order valence-electron chi connectivity index (χ0n) is 9.67. The molecule has 0 aliphatic rings. The number of nitrogens with two attached hydrogens (primary N) is 1. The molecule has 0 aliphatic heterocycles. The fraction of sp³-hybridized carbons (Fsp3) is 1.00. The maximum absolute atomic E-state index is 10.0. The lowest BCUT2D eigenvalue weighted by atomic mass is 9.78. The third-order valence-corrected chi connectivity index (χ3v) is 2.41. The van der Waals surface area contributed by atoms with Crippen molar-refractivity contribution < 1.29 is 5.11 Å². The van der Waals surface area contributed by atoms with Crippen molar-refractivity contribution in [1.82, 2.24) is 0 Å². The van der Waals surface area contributed by atoms with E-state index in [2.05, 4.69) is 34.6 Å². The van der Waals surface area contributed by atoms with E-state index in [1.807, 2.05) is 0 Å². The van der Waals surface area contributed by atoms with Gasteiger partial charge in [0.15, 0.2) is 0 Å². The Balaban J connectivity index is 4.23. The Hall–Kier alpha value is -0.0800. The van der Waals surface area contributed by atoms with E-state index < -0.39 is 0 Å². The average Bonchev–Trinajstić information content (AvgIpc) is 1.96. The second kappa shape index (κ2) is 4.97. The predicted molar refractivity (Wildman–Crippen MR) is 57.5 cm³/mol.